The van der Waals surface area contributed by atoms with Gasteiger partial charge in [0.1, 0.15) is 11.5 Å². The van der Waals surface area contributed by atoms with Crippen molar-refractivity contribution in [3.63, 3.8) is 0 Å². The molecule has 0 heterocycles. The first-order valence-electron chi connectivity index (χ1n) is 8.14. The number of aryl methyl sites for hydroxylation is 2. The van der Waals surface area contributed by atoms with Crippen LogP contribution in [-0.4, -0.2) is 14.2 Å². The molecule has 0 spiro atoms. The zero-order valence-corrected chi connectivity index (χ0v) is 15.5. The van der Waals surface area contributed by atoms with Crippen molar-refractivity contribution in [1.29, 1.82) is 0 Å². The van der Waals surface area contributed by atoms with Gasteiger partial charge < -0.3 is 9.47 Å². The second-order valence-corrected chi connectivity index (χ2v) is 5.53. The van der Waals surface area contributed by atoms with Crippen LogP contribution < -0.4 is 9.47 Å². The Kier molecular flexibility index (Phi) is 5.64. The average Bonchev–Trinajstić information content (AvgIpc) is 2.65. The second-order valence-electron chi connectivity index (χ2n) is 5.53. The molecule has 0 N–H and O–H groups in total. The molecule has 0 atom stereocenters. The molecule has 0 saturated heterocycles. The molecule has 6 heteroatoms. The second kappa shape index (κ2) is 7.40. The van der Waals surface area contributed by atoms with Crippen molar-refractivity contribution in [3.05, 3.63) is 46.5 Å². The lowest BCUT2D eigenvalue weighted by molar-refractivity contribution is 0.407. The van der Waals surface area contributed by atoms with Crippen LogP contribution in [0.1, 0.15) is 25.0 Å². The molecule has 3 aromatic carbocycles. The summed E-state index contributed by atoms with van der Waals surface area (Å²) in [4.78, 5) is 0. The number of halogens is 4. The van der Waals surface area contributed by atoms with Crippen LogP contribution >= 0.6 is 0 Å². The summed E-state index contributed by atoms with van der Waals surface area (Å²) < 4.78 is 66.4. The summed E-state index contributed by atoms with van der Waals surface area (Å²) >= 11 is 0. The number of methoxy groups -OCH3 is 2. The van der Waals surface area contributed by atoms with Gasteiger partial charge in [-0.3, -0.25) is 0 Å². The van der Waals surface area contributed by atoms with Gasteiger partial charge in [-0.05, 0) is 37.1 Å². The van der Waals surface area contributed by atoms with Crippen molar-refractivity contribution in [2.24, 2.45) is 0 Å². The monoisotopic (exact) mass is 368 g/mol. The van der Waals surface area contributed by atoms with E-state index >= 15 is 0 Å². The van der Waals surface area contributed by atoms with E-state index in [9.17, 15) is 17.6 Å². The third-order valence-electron chi connectivity index (χ3n) is 4.23. The molecule has 0 saturated carbocycles. The standard InChI is InChI=1S/C18H14F4O2.C2H6/c1-7-5-11(23-3)12-8(2)13-9(6-10(12)18(7)24-4)14(19)16(21)17(22)15(13)20;1-2/h5-6H,1-4H3;1-2H3. The maximum atomic E-state index is 14.3. The number of benzene rings is 3. The molecule has 0 fully saturated rings. The summed E-state index contributed by atoms with van der Waals surface area (Å²) in [6, 6.07) is 2.95. The lowest BCUT2D eigenvalue weighted by atomic mass is 9.94. The molecule has 26 heavy (non-hydrogen) atoms. The van der Waals surface area contributed by atoms with Crippen LogP contribution in [0, 0.1) is 37.1 Å². The van der Waals surface area contributed by atoms with Crippen LogP contribution in [0.25, 0.3) is 21.5 Å². The number of rotatable bonds is 2. The van der Waals surface area contributed by atoms with Gasteiger partial charge in [0.05, 0.1) is 14.2 Å². The maximum Gasteiger partial charge on any atom is 0.198 e. The minimum absolute atomic E-state index is 0.243. The highest BCUT2D eigenvalue weighted by molar-refractivity contribution is 6.08. The molecule has 0 unspecified atom stereocenters. The van der Waals surface area contributed by atoms with Gasteiger partial charge in [-0.15, -0.1) is 0 Å². The highest BCUT2D eigenvalue weighted by Gasteiger charge is 2.25. The van der Waals surface area contributed by atoms with Crippen molar-refractivity contribution in [2.75, 3.05) is 14.2 Å². The van der Waals surface area contributed by atoms with Crippen LogP contribution in [0.2, 0.25) is 0 Å². The molecule has 0 bridgehead atoms. The Bertz CT molecular complexity index is 997. The summed E-state index contributed by atoms with van der Waals surface area (Å²) in [6.07, 6.45) is 0. The zero-order valence-electron chi connectivity index (χ0n) is 15.5. The third-order valence-corrected chi connectivity index (χ3v) is 4.23. The van der Waals surface area contributed by atoms with Gasteiger partial charge in [0, 0.05) is 21.5 Å². The van der Waals surface area contributed by atoms with Gasteiger partial charge in [-0.25, -0.2) is 17.6 Å². The Balaban J connectivity index is 0.00000117. The smallest absolute Gasteiger partial charge is 0.198 e. The molecule has 0 aliphatic carbocycles. The molecule has 0 amide bonds. The van der Waals surface area contributed by atoms with Gasteiger partial charge in [-0.1, -0.05) is 13.8 Å². The van der Waals surface area contributed by atoms with E-state index in [1.165, 1.54) is 27.2 Å². The van der Waals surface area contributed by atoms with E-state index in [1.807, 2.05) is 13.8 Å². The molecule has 0 aliphatic heterocycles. The highest BCUT2D eigenvalue weighted by atomic mass is 19.2. The molecule has 0 aliphatic rings. The summed E-state index contributed by atoms with van der Waals surface area (Å²) in [6.45, 7) is 7.27. The Morgan fingerprint density at radius 3 is 1.81 bits per heavy atom. The van der Waals surface area contributed by atoms with E-state index in [-0.39, 0.29) is 16.3 Å². The predicted octanol–water partition coefficient (Wildman–Crippen LogP) is 6.21. The Morgan fingerprint density at radius 1 is 0.692 bits per heavy atom. The zero-order chi connectivity index (χ0) is 19.8. The summed E-state index contributed by atoms with van der Waals surface area (Å²) in [5, 5.41) is 0.228. The Hall–Kier alpha value is -2.50. The van der Waals surface area contributed by atoms with Crippen LogP contribution in [0.3, 0.4) is 0 Å². The topological polar surface area (TPSA) is 18.5 Å². The first kappa shape index (κ1) is 19.8. The SMILES string of the molecule is CC.COc1c(C)cc(OC)c2c(C)c3c(F)c(F)c(F)c(F)c3cc12. The minimum atomic E-state index is -1.84. The average molecular weight is 368 g/mol. The van der Waals surface area contributed by atoms with Gasteiger partial charge in [0.15, 0.2) is 23.3 Å². The van der Waals surface area contributed by atoms with E-state index in [2.05, 4.69) is 0 Å². The Labute approximate surface area is 149 Å². The fourth-order valence-electron chi connectivity index (χ4n) is 3.17. The molecule has 3 aromatic rings. The molecule has 0 radical (unpaired) electrons. The number of hydrogen-bond donors (Lipinski definition) is 0. The largest absolute Gasteiger partial charge is 0.496 e. The third kappa shape index (κ3) is 2.73. The van der Waals surface area contributed by atoms with Crippen LogP contribution in [0.4, 0.5) is 17.6 Å². The minimum Gasteiger partial charge on any atom is -0.496 e. The number of hydrogen-bond acceptors (Lipinski definition) is 2. The first-order valence-corrected chi connectivity index (χ1v) is 8.14. The van der Waals surface area contributed by atoms with Crippen molar-refractivity contribution >= 4 is 21.5 Å². The van der Waals surface area contributed by atoms with Gasteiger partial charge in [0.2, 0.25) is 0 Å². The lowest BCUT2D eigenvalue weighted by Gasteiger charge is -2.17. The van der Waals surface area contributed by atoms with Crippen LogP contribution in [0.15, 0.2) is 12.1 Å². The fraction of sp³-hybridized carbons (Fsp3) is 0.300. The highest BCUT2D eigenvalue weighted by Crippen LogP contribution is 2.43. The van der Waals surface area contributed by atoms with Crippen LogP contribution in [0.5, 0.6) is 11.5 Å². The summed E-state index contributed by atoms with van der Waals surface area (Å²) in [7, 11) is 2.88. The molecule has 2 nitrogen and oxygen atoms in total. The molecular formula is C20H20F4O2. The molecular weight excluding hydrogens is 348 g/mol. The van der Waals surface area contributed by atoms with Crippen molar-refractivity contribution in [1.82, 2.24) is 0 Å². The summed E-state index contributed by atoms with van der Waals surface area (Å²) in [5.74, 6) is -5.69. The Morgan fingerprint density at radius 2 is 1.27 bits per heavy atom. The number of fused-ring (bicyclic) bond motifs is 2. The fourth-order valence-corrected chi connectivity index (χ4v) is 3.17. The van der Waals surface area contributed by atoms with E-state index in [0.29, 0.717) is 27.8 Å². The van der Waals surface area contributed by atoms with Crippen LogP contribution in [-0.2, 0) is 0 Å². The first-order chi connectivity index (χ1) is 12.3. The number of ether oxygens (including phenoxy) is 2. The summed E-state index contributed by atoms with van der Waals surface area (Å²) in [5.41, 5.74) is 0.956. The van der Waals surface area contributed by atoms with Gasteiger partial charge in [-0.2, -0.15) is 0 Å². The normalized spacial score (nSPS) is 10.7. The maximum absolute atomic E-state index is 14.3. The predicted molar refractivity (Wildman–Crippen MR) is 95.2 cm³/mol. The van der Waals surface area contributed by atoms with E-state index in [1.54, 1.807) is 13.0 Å². The van der Waals surface area contributed by atoms with E-state index < -0.39 is 23.3 Å². The quantitative estimate of drug-likeness (QED) is 0.232. The van der Waals surface area contributed by atoms with Gasteiger partial charge in [0.25, 0.3) is 0 Å². The van der Waals surface area contributed by atoms with Gasteiger partial charge >= 0.3 is 0 Å². The van der Waals surface area contributed by atoms with Crippen molar-refractivity contribution < 1.29 is 27.0 Å². The lowest BCUT2D eigenvalue weighted by Crippen LogP contribution is -2.02. The van der Waals surface area contributed by atoms with Crippen molar-refractivity contribution in [2.45, 2.75) is 27.7 Å². The van der Waals surface area contributed by atoms with E-state index in [0.717, 1.165) is 0 Å². The molecule has 0 aromatic heterocycles. The molecule has 3 rings (SSSR count). The van der Waals surface area contributed by atoms with Crippen molar-refractivity contribution in [3.8, 4) is 11.5 Å². The molecule has 140 valence electrons. The van der Waals surface area contributed by atoms with E-state index in [4.69, 9.17) is 9.47 Å².